The minimum atomic E-state index is -0.252. The zero-order valence-electron chi connectivity index (χ0n) is 21.1. The summed E-state index contributed by atoms with van der Waals surface area (Å²) in [5.41, 5.74) is 7.17. The van der Waals surface area contributed by atoms with Gasteiger partial charge in [-0.3, -0.25) is 4.79 Å². The summed E-state index contributed by atoms with van der Waals surface area (Å²) in [6.45, 7) is 8.90. The third-order valence-corrected chi connectivity index (χ3v) is 6.81. The predicted octanol–water partition coefficient (Wildman–Crippen LogP) is 6.36. The van der Waals surface area contributed by atoms with E-state index in [4.69, 9.17) is 9.47 Å². The first kappa shape index (κ1) is 26.7. The van der Waals surface area contributed by atoms with Crippen LogP contribution in [0.2, 0.25) is 0 Å². The number of benzene rings is 3. The fraction of sp³-hybridized carbons (Fsp3) is 0.267. The molecule has 7 heteroatoms. The second-order valence-corrected chi connectivity index (χ2v) is 10.0. The summed E-state index contributed by atoms with van der Waals surface area (Å²) < 4.78 is 13.3. The number of carbonyl (C=O) groups is 1. The molecule has 1 aliphatic heterocycles. The number of anilines is 1. The molecule has 0 aromatic heterocycles. The van der Waals surface area contributed by atoms with Crippen LogP contribution in [0.3, 0.4) is 0 Å². The summed E-state index contributed by atoms with van der Waals surface area (Å²) in [5.74, 6) is 1.08. The van der Waals surface area contributed by atoms with Gasteiger partial charge in [0, 0.05) is 33.5 Å². The average molecular weight is 610 g/mol. The van der Waals surface area contributed by atoms with Gasteiger partial charge in [-0.2, -0.15) is 5.10 Å². The van der Waals surface area contributed by atoms with Gasteiger partial charge in [0.2, 0.25) is 0 Å². The molecule has 37 heavy (non-hydrogen) atoms. The minimum absolute atomic E-state index is 0.252. The highest BCUT2D eigenvalue weighted by molar-refractivity contribution is 14.1. The molecule has 1 fully saturated rings. The van der Waals surface area contributed by atoms with Crippen molar-refractivity contribution in [2.45, 2.75) is 32.8 Å². The number of amides is 1. The maximum absolute atomic E-state index is 12.6. The van der Waals surface area contributed by atoms with Gasteiger partial charge in [-0.15, -0.1) is 6.58 Å². The molecule has 0 unspecified atom stereocenters. The van der Waals surface area contributed by atoms with Crippen LogP contribution in [0.25, 0.3) is 0 Å². The molecule has 0 bridgehead atoms. The fourth-order valence-electron chi connectivity index (χ4n) is 4.26. The minimum Gasteiger partial charge on any atom is -0.490 e. The van der Waals surface area contributed by atoms with Gasteiger partial charge >= 0.3 is 0 Å². The molecular weight excluding hydrogens is 577 g/mol. The molecule has 6 nitrogen and oxygen atoms in total. The van der Waals surface area contributed by atoms with E-state index in [1.807, 2.05) is 49.4 Å². The number of halogens is 1. The number of rotatable bonds is 11. The summed E-state index contributed by atoms with van der Waals surface area (Å²) >= 11 is 2.29. The number of allylic oxidation sites excluding steroid dienone is 1. The third kappa shape index (κ3) is 7.35. The second kappa shape index (κ2) is 13.3. The normalized spacial score (nSPS) is 13.1. The number of nitrogens with one attached hydrogen (secondary N) is 1. The van der Waals surface area contributed by atoms with Crippen molar-refractivity contribution in [1.29, 1.82) is 0 Å². The molecule has 4 rings (SSSR count). The molecular formula is C30H32IN3O3. The molecule has 3 aromatic rings. The van der Waals surface area contributed by atoms with E-state index in [1.54, 1.807) is 6.21 Å². The van der Waals surface area contributed by atoms with Crippen LogP contribution in [0.1, 0.15) is 46.8 Å². The molecule has 1 aliphatic rings. The maximum Gasteiger partial charge on any atom is 0.271 e. The molecule has 0 aliphatic carbocycles. The Labute approximate surface area is 232 Å². The zero-order valence-corrected chi connectivity index (χ0v) is 23.2. The fourth-order valence-corrected chi connectivity index (χ4v) is 4.62. The SMILES string of the molecule is C=CCc1cc(/C=N\NC(=O)c2ccc(N3CCCC3)cc2)cc(OCC)c1OCc1ccc(I)cc1. The van der Waals surface area contributed by atoms with Crippen LogP contribution in [0.4, 0.5) is 5.69 Å². The molecule has 0 saturated carbocycles. The molecule has 0 spiro atoms. The third-order valence-electron chi connectivity index (χ3n) is 6.10. The van der Waals surface area contributed by atoms with Gasteiger partial charge in [-0.05, 0) is 108 Å². The van der Waals surface area contributed by atoms with E-state index in [9.17, 15) is 4.79 Å². The number of ether oxygens (including phenoxy) is 2. The van der Waals surface area contributed by atoms with Crippen LogP contribution in [0.5, 0.6) is 11.5 Å². The Balaban J connectivity index is 1.46. The lowest BCUT2D eigenvalue weighted by Crippen LogP contribution is -2.19. The van der Waals surface area contributed by atoms with Crippen LogP contribution in [0.15, 0.2) is 78.4 Å². The van der Waals surface area contributed by atoms with Gasteiger partial charge in [0.15, 0.2) is 11.5 Å². The van der Waals surface area contributed by atoms with Crippen molar-refractivity contribution < 1.29 is 14.3 Å². The molecule has 1 saturated heterocycles. The molecule has 0 atom stereocenters. The standard InChI is InChI=1S/C30H32IN3O3/c1-3-7-25-18-23(19-28(36-4-2)29(25)37-21-22-8-12-26(31)13-9-22)20-32-33-30(35)24-10-14-27(15-11-24)34-16-5-6-17-34/h3,8-15,18-20H,1,4-7,16-17,21H2,2H3,(H,33,35)/b32-20-. The van der Waals surface area contributed by atoms with Gasteiger partial charge in [-0.25, -0.2) is 5.43 Å². The number of nitrogens with zero attached hydrogens (tertiary/aromatic N) is 2. The van der Waals surface area contributed by atoms with Crippen LogP contribution in [-0.4, -0.2) is 31.8 Å². The predicted molar refractivity (Wildman–Crippen MR) is 158 cm³/mol. The molecule has 1 amide bonds. The molecule has 1 N–H and O–H groups in total. The summed E-state index contributed by atoms with van der Waals surface area (Å²) in [4.78, 5) is 14.9. The topological polar surface area (TPSA) is 63.2 Å². The lowest BCUT2D eigenvalue weighted by molar-refractivity contribution is 0.0955. The van der Waals surface area contributed by atoms with Crippen LogP contribution >= 0.6 is 22.6 Å². The van der Waals surface area contributed by atoms with Gasteiger partial charge in [0.1, 0.15) is 6.61 Å². The average Bonchev–Trinajstić information content (AvgIpc) is 3.45. The highest BCUT2D eigenvalue weighted by Crippen LogP contribution is 2.34. The number of hydrazone groups is 1. The van der Waals surface area contributed by atoms with Gasteiger partial charge < -0.3 is 14.4 Å². The first-order valence-corrected chi connectivity index (χ1v) is 13.6. The Kier molecular flexibility index (Phi) is 9.59. The van der Waals surface area contributed by atoms with E-state index in [2.05, 4.69) is 68.9 Å². The van der Waals surface area contributed by atoms with E-state index in [0.29, 0.717) is 36.7 Å². The van der Waals surface area contributed by atoms with E-state index >= 15 is 0 Å². The highest BCUT2D eigenvalue weighted by atomic mass is 127. The Hall–Kier alpha value is -3.33. The Bertz CT molecular complexity index is 1230. The van der Waals surface area contributed by atoms with Gasteiger partial charge in [-0.1, -0.05) is 18.2 Å². The summed E-state index contributed by atoms with van der Waals surface area (Å²) in [6.07, 6.45) is 6.50. The summed E-state index contributed by atoms with van der Waals surface area (Å²) in [5, 5.41) is 4.19. The molecule has 3 aromatic carbocycles. The zero-order chi connectivity index (χ0) is 26.0. The first-order chi connectivity index (χ1) is 18.1. The summed E-state index contributed by atoms with van der Waals surface area (Å²) in [6, 6.07) is 19.8. The van der Waals surface area contributed by atoms with Crippen molar-refractivity contribution in [1.82, 2.24) is 5.43 Å². The summed E-state index contributed by atoms with van der Waals surface area (Å²) in [7, 11) is 0. The van der Waals surface area contributed by atoms with Crippen molar-refractivity contribution >= 4 is 40.4 Å². The number of carbonyl (C=O) groups excluding carboxylic acids is 1. The Morgan fingerprint density at radius 3 is 2.49 bits per heavy atom. The van der Waals surface area contributed by atoms with Crippen molar-refractivity contribution in [3.05, 3.63) is 99.1 Å². The molecule has 0 radical (unpaired) electrons. The second-order valence-electron chi connectivity index (χ2n) is 8.79. The van der Waals surface area contributed by atoms with Crippen molar-refractivity contribution in [3.8, 4) is 11.5 Å². The van der Waals surface area contributed by atoms with E-state index < -0.39 is 0 Å². The first-order valence-electron chi connectivity index (χ1n) is 12.5. The Morgan fingerprint density at radius 1 is 1.08 bits per heavy atom. The van der Waals surface area contributed by atoms with E-state index in [0.717, 1.165) is 35.5 Å². The monoisotopic (exact) mass is 609 g/mol. The number of hydrogen-bond acceptors (Lipinski definition) is 5. The smallest absolute Gasteiger partial charge is 0.271 e. The van der Waals surface area contributed by atoms with Crippen molar-refractivity contribution in [2.24, 2.45) is 5.10 Å². The van der Waals surface area contributed by atoms with Crippen molar-refractivity contribution in [2.75, 3.05) is 24.6 Å². The highest BCUT2D eigenvalue weighted by Gasteiger charge is 2.15. The maximum atomic E-state index is 12.6. The van der Waals surface area contributed by atoms with Gasteiger partial charge in [0.05, 0.1) is 12.8 Å². The Morgan fingerprint density at radius 2 is 1.81 bits per heavy atom. The molecule has 1 heterocycles. The van der Waals surface area contributed by atoms with Crippen LogP contribution < -0.4 is 19.8 Å². The van der Waals surface area contributed by atoms with Crippen molar-refractivity contribution in [3.63, 3.8) is 0 Å². The number of hydrogen-bond donors (Lipinski definition) is 1. The lowest BCUT2D eigenvalue weighted by Gasteiger charge is -2.17. The van der Waals surface area contributed by atoms with E-state index in [-0.39, 0.29) is 5.91 Å². The lowest BCUT2D eigenvalue weighted by atomic mass is 10.1. The molecule has 192 valence electrons. The quantitative estimate of drug-likeness (QED) is 0.119. The van der Waals surface area contributed by atoms with E-state index in [1.165, 1.54) is 16.4 Å². The van der Waals surface area contributed by atoms with Crippen LogP contribution in [-0.2, 0) is 13.0 Å². The van der Waals surface area contributed by atoms with Crippen LogP contribution in [0, 0.1) is 3.57 Å². The van der Waals surface area contributed by atoms with Gasteiger partial charge in [0.25, 0.3) is 5.91 Å². The largest absolute Gasteiger partial charge is 0.490 e.